The molecule has 1 aliphatic rings. The molecule has 1 saturated heterocycles. The molecule has 1 atom stereocenters. The van der Waals surface area contributed by atoms with Crippen LogP contribution in [0, 0.1) is 0 Å². The fraction of sp³-hybridized carbons (Fsp3) is 0.900. The molecule has 1 N–H and O–H groups in total. The zero-order valence-corrected chi connectivity index (χ0v) is 10.6. The van der Waals surface area contributed by atoms with Crippen LogP contribution in [0.4, 0.5) is 0 Å². The summed E-state index contributed by atoms with van der Waals surface area (Å²) in [6, 6.07) is 0. The van der Waals surface area contributed by atoms with E-state index in [0.717, 1.165) is 0 Å². The van der Waals surface area contributed by atoms with Crippen LogP contribution in [0.15, 0.2) is 0 Å². The van der Waals surface area contributed by atoms with Crippen molar-refractivity contribution in [3.05, 3.63) is 0 Å². The van der Waals surface area contributed by atoms with Gasteiger partial charge in [-0.15, -0.1) is 0 Å². The molecule has 1 unspecified atom stereocenters. The van der Waals surface area contributed by atoms with Crippen LogP contribution < -0.4 is 5.32 Å². The number of nitrogens with one attached hydrogen (secondary N) is 1. The molecule has 0 aromatic heterocycles. The van der Waals surface area contributed by atoms with Gasteiger partial charge in [0.15, 0.2) is 9.84 Å². The van der Waals surface area contributed by atoms with Crippen LogP contribution in [0.3, 0.4) is 0 Å². The molecule has 1 rings (SSSR count). The van der Waals surface area contributed by atoms with Crippen LogP contribution in [-0.4, -0.2) is 44.6 Å². The van der Waals surface area contributed by atoms with E-state index in [1.54, 1.807) is 6.92 Å². The van der Waals surface area contributed by atoms with Crippen molar-refractivity contribution in [3.63, 3.8) is 0 Å². The molecule has 0 saturated carbocycles. The van der Waals surface area contributed by atoms with Crippen LogP contribution in [0.1, 0.15) is 26.7 Å². The smallest absolute Gasteiger partial charge is 0.307 e. The second kappa shape index (κ2) is 5.14. The number of hydrogen-bond acceptors (Lipinski definition) is 5. The van der Waals surface area contributed by atoms with E-state index in [-0.39, 0.29) is 23.9 Å². The molecule has 0 bridgehead atoms. The lowest BCUT2D eigenvalue weighted by molar-refractivity contribution is -0.144. The van der Waals surface area contributed by atoms with Gasteiger partial charge < -0.3 is 10.1 Å². The van der Waals surface area contributed by atoms with E-state index in [2.05, 4.69) is 5.32 Å². The highest BCUT2D eigenvalue weighted by Crippen LogP contribution is 2.27. The van der Waals surface area contributed by atoms with Gasteiger partial charge in [-0.05, 0) is 19.9 Å². The molecule has 94 valence electrons. The second-order valence-electron chi connectivity index (χ2n) is 4.13. The molecule has 1 fully saturated rings. The summed E-state index contributed by atoms with van der Waals surface area (Å²) in [5.74, 6) is -0.146. The van der Waals surface area contributed by atoms with Gasteiger partial charge in [0, 0.05) is 5.54 Å². The van der Waals surface area contributed by atoms with Crippen molar-refractivity contribution in [1.82, 2.24) is 5.32 Å². The van der Waals surface area contributed by atoms with E-state index < -0.39 is 15.4 Å². The third kappa shape index (κ3) is 3.45. The molecule has 1 aliphatic heterocycles. The zero-order chi connectivity index (χ0) is 12.2. The van der Waals surface area contributed by atoms with Crippen molar-refractivity contribution in [2.75, 3.05) is 24.7 Å². The van der Waals surface area contributed by atoms with Crippen molar-refractivity contribution < 1.29 is 17.9 Å². The highest BCUT2D eigenvalue weighted by atomic mass is 32.2. The number of hydrogen-bond donors (Lipinski definition) is 1. The Morgan fingerprint density at radius 1 is 1.44 bits per heavy atom. The van der Waals surface area contributed by atoms with E-state index in [9.17, 15) is 13.2 Å². The molecule has 5 nitrogen and oxygen atoms in total. The molecule has 0 aliphatic carbocycles. The highest BCUT2D eigenvalue weighted by molar-refractivity contribution is 7.91. The standard InChI is InChI=1S/C10H19NO4S/c1-3-11-10(7-9(12)15-4-2)5-6-16(13,14)8-10/h11H,3-8H2,1-2H3. The Labute approximate surface area is 96.5 Å². The predicted octanol–water partition coefficient (Wildman–Crippen LogP) is 0.106. The van der Waals surface area contributed by atoms with Crippen molar-refractivity contribution in [2.45, 2.75) is 32.2 Å². The molecule has 16 heavy (non-hydrogen) atoms. The summed E-state index contributed by atoms with van der Waals surface area (Å²) >= 11 is 0. The van der Waals surface area contributed by atoms with Gasteiger partial charge in [-0.3, -0.25) is 4.79 Å². The maximum Gasteiger partial charge on any atom is 0.307 e. The number of sulfone groups is 1. The lowest BCUT2D eigenvalue weighted by Crippen LogP contribution is -2.48. The predicted molar refractivity (Wildman–Crippen MR) is 60.9 cm³/mol. The Hall–Kier alpha value is -0.620. The van der Waals surface area contributed by atoms with Crippen molar-refractivity contribution in [1.29, 1.82) is 0 Å². The van der Waals surface area contributed by atoms with Crippen LogP contribution in [0.25, 0.3) is 0 Å². The van der Waals surface area contributed by atoms with E-state index >= 15 is 0 Å². The third-order valence-corrected chi connectivity index (χ3v) is 4.55. The summed E-state index contributed by atoms with van der Waals surface area (Å²) in [6.07, 6.45) is 0.621. The van der Waals surface area contributed by atoms with Crippen molar-refractivity contribution in [2.24, 2.45) is 0 Å². The Balaban J connectivity index is 2.71. The van der Waals surface area contributed by atoms with Gasteiger partial charge in [0.05, 0.1) is 24.5 Å². The average Bonchev–Trinajstić information content (AvgIpc) is 2.42. The fourth-order valence-corrected chi connectivity index (χ4v) is 4.16. The summed E-state index contributed by atoms with van der Waals surface area (Å²) in [7, 11) is -3.01. The maximum absolute atomic E-state index is 11.5. The van der Waals surface area contributed by atoms with E-state index in [0.29, 0.717) is 19.6 Å². The quantitative estimate of drug-likeness (QED) is 0.700. The summed E-state index contributed by atoms with van der Waals surface area (Å²) in [6.45, 7) is 4.61. The van der Waals surface area contributed by atoms with Gasteiger partial charge in [0.2, 0.25) is 0 Å². The van der Waals surface area contributed by atoms with E-state index in [1.807, 2.05) is 6.92 Å². The summed E-state index contributed by atoms with van der Waals surface area (Å²) in [5.41, 5.74) is -0.611. The normalized spacial score (nSPS) is 27.9. The van der Waals surface area contributed by atoms with Gasteiger partial charge in [0.25, 0.3) is 0 Å². The van der Waals surface area contributed by atoms with Crippen LogP contribution in [-0.2, 0) is 19.4 Å². The Bertz CT molecular complexity index is 352. The van der Waals surface area contributed by atoms with Crippen LogP contribution >= 0.6 is 0 Å². The average molecular weight is 249 g/mol. The van der Waals surface area contributed by atoms with Gasteiger partial charge in [-0.1, -0.05) is 6.92 Å². The lowest BCUT2D eigenvalue weighted by Gasteiger charge is -2.27. The number of esters is 1. The summed E-state index contributed by atoms with van der Waals surface area (Å²) in [5, 5.41) is 3.12. The molecule has 0 amide bonds. The molecule has 0 aromatic carbocycles. The van der Waals surface area contributed by atoms with Gasteiger partial charge in [-0.25, -0.2) is 8.42 Å². The summed E-state index contributed by atoms with van der Waals surface area (Å²) in [4.78, 5) is 11.4. The Kier molecular flexibility index (Phi) is 4.32. The molecule has 0 spiro atoms. The summed E-state index contributed by atoms with van der Waals surface area (Å²) < 4.78 is 27.8. The first-order valence-electron chi connectivity index (χ1n) is 5.54. The number of carbonyl (C=O) groups is 1. The minimum absolute atomic E-state index is 0.0344. The molecule has 0 aromatic rings. The molecule has 6 heteroatoms. The second-order valence-corrected chi connectivity index (χ2v) is 6.32. The van der Waals surface area contributed by atoms with E-state index in [1.165, 1.54) is 0 Å². The van der Waals surface area contributed by atoms with Gasteiger partial charge >= 0.3 is 5.97 Å². The largest absolute Gasteiger partial charge is 0.466 e. The molecule has 0 radical (unpaired) electrons. The molecular weight excluding hydrogens is 230 g/mol. The number of ether oxygens (including phenoxy) is 1. The Morgan fingerprint density at radius 2 is 2.12 bits per heavy atom. The number of rotatable bonds is 5. The first kappa shape index (κ1) is 13.4. The van der Waals surface area contributed by atoms with Crippen LogP contribution in [0.2, 0.25) is 0 Å². The van der Waals surface area contributed by atoms with Crippen LogP contribution in [0.5, 0.6) is 0 Å². The molecule has 1 heterocycles. The van der Waals surface area contributed by atoms with Gasteiger partial charge in [-0.2, -0.15) is 0 Å². The maximum atomic E-state index is 11.5. The fourth-order valence-electron chi connectivity index (χ4n) is 2.12. The minimum Gasteiger partial charge on any atom is -0.466 e. The van der Waals surface area contributed by atoms with E-state index in [4.69, 9.17) is 4.74 Å². The molecular formula is C10H19NO4S. The first-order valence-corrected chi connectivity index (χ1v) is 7.36. The topological polar surface area (TPSA) is 72.5 Å². The SMILES string of the molecule is CCNC1(CC(=O)OCC)CCS(=O)(=O)C1. The monoisotopic (exact) mass is 249 g/mol. The van der Waals surface area contributed by atoms with Crippen molar-refractivity contribution in [3.8, 4) is 0 Å². The highest BCUT2D eigenvalue weighted by Gasteiger charge is 2.43. The van der Waals surface area contributed by atoms with Gasteiger partial charge in [0.1, 0.15) is 0 Å². The number of carbonyl (C=O) groups excluding carboxylic acids is 1. The first-order chi connectivity index (χ1) is 7.43. The zero-order valence-electron chi connectivity index (χ0n) is 9.78. The lowest BCUT2D eigenvalue weighted by atomic mass is 9.94. The third-order valence-electron chi connectivity index (χ3n) is 2.73. The van der Waals surface area contributed by atoms with Crippen molar-refractivity contribution >= 4 is 15.8 Å². The Morgan fingerprint density at radius 3 is 2.56 bits per heavy atom. The minimum atomic E-state index is -3.01.